The Hall–Kier alpha value is -1.73. The second-order valence-corrected chi connectivity index (χ2v) is 9.43. The van der Waals surface area contributed by atoms with Crippen LogP contribution in [-0.4, -0.2) is 25.1 Å². The molecule has 1 atom stereocenters. The first kappa shape index (κ1) is 17.1. The summed E-state index contributed by atoms with van der Waals surface area (Å²) in [7, 11) is -3.64. The Bertz CT molecular complexity index is 854. The number of anilines is 1. The molecule has 24 heavy (non-hydrogen) atoms. The Kier molecular flexibility index (Phi) is 4.73. The van der Waals surface area contributed by atoms with Crippen molar-refractivity contribution in [1.29, 1.82) is 0 Å². The van der Waals surface area contributed by atoms with E-state index < -0.39 is 21.5 Å². The van der Waals surface area contributed by atoms with E-state index in [0.29, 0.717) is 11.0 Å². The zero-order valence-corrected chi connectivity index (χ0v) is 15.3. The summed E-state index contributed by atoms with van der Waals surface area (Å²) in [4.78, 5) is 17.9. The number of rotatable bonds is 4. The van der Waals surface area contributed by atoms with Crippen molar-refractivity contribution in [2.45, 2.75) is 38.0 Å². The summed E-state index contributed by atoms with van der Waals surface area (Å²) in [6.07, 6.45) is 3.00. The largest absolute Gasteiger partial charge is 0.301 e. The maximum Gasteiger partial charge on any atom is 0.241 e. The van der Waals surface area contributed by atoms with Gasteiger partial charge in [0.1, 0.15) is 5.75 Å². The van der Waals surface area contributed by atoms with Crippen LogP contribution < -0.4 is 5.32 Å². The number of hydrogen-bond acceptors (Lipinski definition) is 5. The number of nitrogens with zero attached hydrogens (tertiary/aromatic N) is 1. The van der Waals surface area contributed by atoms with E-state index in [1.165, 1.54) is 28.3 Å². The highest BCUT2D eigenvalue weighted by molar-refractivity contribution is 7.92. The zero-order chi connectivity index (χ0) is 17.3. The van der Waals surface area contributed by atoms with Gasteiger partial charge in [0.15, 0.2) is 15.0 Å². The molecule has 1 heterocycles. The third-order valence-electron chi connectivity index (χ3n) is 4.13. The molecule has 1 aromatic heterocycles. The fraction of sp³-hybridized carbons (Fsp3) is 0.412. The van der Waals surface area contributed by atoms with Crippen molar-refractivity contribution in [3.63, 3.8) is 0 Å². The molecule has 1 aliphatic carbocycles. The first-order valence-electron chi connectivity index (χ1n) is 7.91. The van der Waals surface area contributed by atoms with Gasteiger partial charge in [0.2, 0.25) is 5.91 Å². The van der Waals surface area contributed by atoms with E-state index in [2.05, 4.69) is 17.2 Å². The van der Waals surface area contributed by atoms with Crippen molar-refractivity contribution in [2.24, 2.45) is 5.92 Å². The van der Waals surface area contributed by atoms with Gasteiger partial charge in [0.25, 0.3) is 0 Å². The Morgan fingerprint density at radius 1 is 1.33 bits per heavy atom. The van der Waals surface area contributed by atoms with Gasteiger partial charge in [-0.2, -0.15) is 0 Å². The third-order valence-corrected chi connectivity index (χ3v) is 6.80. The van der Waals surface area contributed by atoms with Crippen LogP contribution >= 0.6 is 11.3 Å². The van der Waals surface area contributed by atoms with Crippen LogP contribution in [0.2, 0.25) is 0 Å². The lowest BCUT2D eigenvalue weighted by Gasteiger charge is -2.15. The molecule has 0 bridgehead atoms. The van der Waals surface area contributed by atoms with E-state index in [0.717, 1.165) is 30.5 Å². The second-order valence-electron chi connectivity index (χ2n) is 6.36. The molecule has 0 fully saturated rings. The van der Waals surface area contributed by atoms with Gasteiger partial charge >= 0.3 is 0 Å². The summed E-state index contributed by atoms with van der Waals surface area (Å²) in [5.74, 6) is -0.491. The van der Waals surface area contributed by atoms with Gasteiger partial charge in [-0.05, 0) is 44.2 Å². The molecule has 1 N–H and O–H groups in total. The van der Waals surface area contributed by atoms with Crippen LogP contribution in [0.5, 0.6) is 0 Å². The molecular weight excluding hydrogens is 344 g/mol. The molecule has 0 saturated carbocycles. The smallest absolute Gasteiger partial charge is 0.241 e. The van der Waals surface area contributed by atoms with Crippen LogP contribution in [0.4, 0.5) is 5.13 Å². The Balaban J connectivity index is 1.68. The Morgan fingerprint density at radius 3 is 2.75 bits per heavy atom. The van der Waals surface area contributed by atoms with Crippen molar-refractivity contribution >= 4 is 32.2 Å². The molecule has 1 aromatic carbocycles. The predicted octanol–water partition coefficient (Wildman–Crippen LogP) is 2.99. The average molecular weight is 364 g/mol. The number of hydrogen-bond donors (Lipinski definition) is 1. The second kappa shape index (κ2) is 6.64. The summed E-state index contributed by atoms with van der Waals surface area (Å²) >= 11 is 1.45. The van der Waals surface area contributed by atoms with E-state index in [1.807, 2.05) is 6.92 Å². The molecular formula is C17H20N2O3S2. The number of sulfone groups is 1. The standard InChI is InChI=1S/C17H20N2O3S2/c1-11-3-6-13(7-4-11)24(21,22)10-16(20)19-17-18-14-8-5-12(2)9-15(14)23-17/h3-4,6-7,12H,5,8-10H2,1-2H3,(H,18,19,20)/t12-/m0/s1. The first-order chi connectivity index (χ1) is 11.3. The highest BCUT2D eigenvalue weighted by Gasteiger charge is 2.23. The van der Waals surface area contributed by atoms with Gasteiger partial charge in [-0.15, -0.1) is 11.3 Å². The maximum atomic E-state index is 12.3. The average Bonchev–Trinajstić information content (AvgIpc) is 2.88. The molecule has 128 valence electrons. The molecule has 3 rings (SSSR count). The van der Waals surface area contributed by atoms with E-state index in [-0.39, 0.29) is 4.90 Å². The topological polar surface area (TPSA) is 76.1 Å². The van der Waals surface area contributed by atoms with E-state index in [9.17, 15) is 13.2 Å². The quantitative estimate of drug-likeness (QED) is 0.905. The van der Waals surface area contributed by atoms with Crippen molar-refractivity contribution in [3.8, 4) is 0 Å². The van der Waals surface area contributed by atoms with E-state index >= 15 is 0 Å². The molecule has 7 heteroatoms. The van der Waals surface area contributed by atoms with Crippen molar-refractivity contribution in [3.05, 3.63) is 40.4 Å². The zero-order valence-electron chi connectivity index (χ0n) is 13.7. The van der Waals surface area contributed by atoms with Gasteiger partial charge < -0.3 is 5.32 Å². The van der Waals surface area contributed by atoms with Gasteiger partial charge in [-0.1, -0.05) is 24.6 Å². The minimum absolute atomic E-state index is 0.163. The molecule has 0 saturated heterocycles. The van der Waals surface area contributed by atoms with Crippen molar-refractivity contribution in [1.82, 2.24) is 4.98 Å². The normalized spacial score (nSPS) is 17.3. The highest BCUT2D eigenvalue weighted by atomic mass is 32.2. The number of aromatic nitrogens is 1. The summed E-state index contributed by atoms with van der Waals surface area (Å²) < 4.78 is 24.6. The van der Waals surface area contributed by atoms with Crippen molar-refractivity contribution < 1.29 is 13.2 Å². The van der Waals surface area contributed by atoms with Gasteiger partial charge in [0.05, 0.1) is 10.6 Å². The third kappa shape index (κ3) is 3.84. The van der Waals surface area contributed by atoms with Crippen molar-refractivity contribution in [2.75, 3.05) is 11.1 Å². The number of benzene rings is 1. The van der Waals surface area contributed by atoms with E-state index in [1.54, 1.807) is 12.1 Å². The summed E-state index contributed by atoms with van der Waals surface area (Å²) in [6.45, 7) is 4.09. The fourth-order valence-corrected chi connectivity index (χ4v) is 5.07. The summed E-state index contributed by atoms with van der Waals surface area (Å²) in [5, 5.41) is 3.14. The SMILES string of the molecule is Cc1ccc(S(=O)(=O)CC(=O)Nc2nc3c(s2)C[C@@H](C)CC3)cc1. The molecule has 0 unspecified atom stereocenters. The minimum Gasteiger partial charge on any atom is -0.301 e. The van der Waals surface area contributed by atoms with Gasteiger partial charge in [-0.3, -0.25) is 4.79 Å². The lowest BCUT2D eigenvalue weighted by molar-refractivity contribution is -0.113. The fourth-order valence-electron chi connectivity index (χ4n) is 2.75. The monoisotopic (exact) mass is 364 g/mol. The van der Waals surface area contributed by atoms with Crippen LogP contribution in [0.3, 0.4) is 0 Å². The summed E-state index contributed by atoms with van der Waals surface area (Å²) in [6, 6.07) is 6.50. The molecule has 0 spiro atoms. The molecule has 1 amide bonds. The Morgan fingerprint density at radius 2 is 2.04 bits per heavy atom. The molecule has 5 nitrogen and oxygen atoms in total. The number of nitrogens with one attached hydrogen (secondary N) is 1. The lowest BCUT2D eigenvalue weighted by Crippen LogP contribution is -2.23. The van der Waals surface area contributed by atoms with Crippen LogP contribution in [0.15, 0.2) is 29.2 Å². The number of thiazole rings is 1. The maximum absolute atomic E-state index is 12.3. The Labute approximate surface area is 146 Å². The molecule has 0 aliphatic heterocycles. The summed E-state index contributed by atoms with van der Waals surface area (Å²) in [5.41, 5.74) is 2.01. The number of fused-ring (bicyclic) bond motifs is 1. The molecule has 2 aromatic rings. The van der Waals surface area contributed by atoms with Gasteiger partial charge in [0, 0.05) is 4.88 Å². The minimum atomic E-state index is -3.64. The van der Waals surface area contributed by atoms with Gasteiger partial charge in [-0.25, -0.2) is 13.4 Å². The lowest BCUT2D eigenvalue weighted by atomic mass is 9.93. The van der Waals surface area contributed by atoms with Crippen LogP contribution in [0.25, 0.3) is 0 Å². The molecule has 0 radical (unpaired) electrons. The number of carbonyl (C=O) groups is 1. The number of aryl methyl sites for hydroxylation is 2. The molecule has 1 aliphatic rings. The highest BCUT2D eigenvalue weighted by Crippen LogP contribution is 2.32. The number of carbonyl (C=O) groups excluding carboxylic acids is 1. The number of amides is 1. The van der Waals surface area contributed by atoms with Crippen LogP contribution in [-0.2, 0) is 27.5 Å². The first-order valence-corrected chi connectivity index (χ1v) is 10.4. The van der Waals surface area contributed by atoms with E-state index in [4.69, 9.17) is 0 Å². The predicted molar refractivity (Wildman–Crippen MR) is 95.2 cm³/mol. The van der Waals surface area contributed by atoms with Crippen LogP contribution in [0, 0.1) is 12.8 Å². The van der Waals surface area contributed by atoms with Crippen LogP contribution in [0.1, 0.15) is 29.5 Å².